The third kappa shape index (κ3) is 16.1. The number of aliphatic hydroxyl groups is 6. The van der Waals surface area contributed by atoms with Gasteiger partial charge in [-0.05, 0) is 110 Å². The minimum Gasteiger partial charge on any atom is -0.463 e. The van der Waals surface area contributed by atoms with Crippen molar-refractivity contribution >= 4 is 150 Å². The lowest BCUT2D eigenvalue weighted by Crippen LogP contribution is -2.40. The number of nitrogen functional groups attached to an aromatic ring is 4. The highest BCUT2D eigenvalue weighted by molar-refractivity contribution is 9.11. The molecule has 4 unspecified atom stereocenters. The molecule has 6 fully saturated rings. The molecule has 0 aliphatic carbocycles. The lowest BCUT2D eigenvalue weighted by atomic mass is 9.91. The van der Waals surface area contributed by atoms with Crippen LogP contribution in [0, 0.1) is 17.8 Å². The molecule has 6 aliphatic heterocycles. The molecule has 0 aromatic carbocycles. The molecule has 6 aliphatic rings. The number of H-pyrrole nitrogens is 4. The lowest BCUT2D eigenvalue weighted by Gasteiger charge is -2.25. The molecule has 584 valence electrons. The maximum atomic E-state index is 12.7. The first-order valence-electron chi connectivity index (χ1n) is 32.8. The van der Waals surface area contributed by atoms with Gasteiger partial charge in [0.2, 0.25) is 23.8 Å². The summed E-state index contributed by atoms with van der Waals surface area (Å²) >= 11 is 13.0. The summed E-state index contributed by atoms with van der Waals surface area (Å²) in [5, 5.41) is 59.3. The minimum absolute atomic E-state index is 0.00816. The van der Waals surface area contributed by atoms with Crippen LogP contribution in [0.15, 0.2) is 38.1 Å². The zero-order chi connectivity index (χ0) is 78.2. The molecule has 6 saturated heterocycles. The number of ether oxygens (including phenoxy) is 10. The number of carbonyl (C=O) groups excluding carboxylic acids is 3. The number of ketones is 1. The lowest BCUT2D eigenvalue weighted by molar-refractivity contribution is -0.203. The van der Waals surface area contributed by atoms with E-state index >= 15 is 0 Å². The van der Waals surface area contributed by atoms with Crippen LogP contribution >= 0.6 is 63.7 Å². The number of fused-ring (bicyclic) bond motifs is 6. The number of aliphatic hydroxyl groups excluding tert-OH is 6. The number of nitrogens with two attached hydrogens (primary N) is 5. The Balaban J connectivity index is 0.000000144. The summed E-state index contributed by atoms with van der Waals surface area (Å²) in [4.78, 5) is 127. The Morgan fingerprint density at radius 3 is 1.12 bits per heavy atom. The second-order valence-corrected chi connectivity index (χ2v) is 29.8. The molecule has 8 aromatic rings. The molecule has 44 nitrogen and oxygen atoms in total. The number of anilines is 4. The smallest absolute Gasteiger partial charge is 0.323 e. The fourth-order valence-corrected chi connectivity index (χ4v) is 14.9. The molecule has 20 N–H and O–H groups in total. The van der Waals surface area contributed by atoms with E-state index in [-0.39, 0.29) is 122 Å². The fourth-order valence-electron chi connectivity index (χ4n) is 12.7. The van der Waals surface area contributed by atoms with E-state index in [1.807, 2.05) is 13.8 Å². The van der Waals surface area contributed by atoms with E-state index in [9.17, 15) is 59.1 Å². The summed E-state index contributed by atoms with van der Waals surface area (Å²) in [6.07, 6.45) is -14.3. The van der Waals surface area contributed by atoms with Gasteiger partial charge in [0.25, 0.3) is 22.2 Å². The van der Waals surface area contributed by atoms with E-state index in [0.717, 1.165) is 0 Å². The molecule has 8 aromatic heterocycles. The SMILES string of the molecule is CC(=O)C[C@H](C(=O)OC[C@H]1O[C@@H](n2c(Br)nc3c(=O)[nH]c(N)nc32)C2OC(C)(C)O[C@@H]21)C(C)C.CC(C)[C@H](N)C(=O)OC[C@H]1O[C@@H](n2c(Br)nc3c(=O)[nH]c(N)nc32)C(O)[C@@H]1O.CC1(C)OC2[C@H](n3c(Br)nc4c(=O)[nH]c(N)nc43)O[C@H](CO)[C@H]2O1.Nc1nc2c(nc(Br)n2[C@@H]2O[C@H](CO)[C@@H](O)C2O)c(=O)[nH]1. The predicted molar refractivity (Wildman–Crippen MR) is 381 cm³/mol. The second-order valence-electron chi connectivity index (χ2n) is 27.0. The molecule has 0 bridgehead atoms. The van der Waals surface area contributed by atoms with Crippen LogP contribution < -0.4 is 50.9 Å². The maximum absolute atomic E-state index is 12.7. The average Bonchev–Trinajstić information content (AvgIpc) is 1.59. The summed E-state index contributed by atoms with van der Waals surface area (Å²) in [7, 11) is 0. The van der Waals surface area contributed by atoms with Gasteiger partial charge < -0.3 is 111 Å². The number of imidazole rings is 4. The van der Waals surface area contributed by atoms with Crippen molar-refractivity contribution in [3.8, 4) is 0 Å². The first kappa shape index (κ1) is 80.5. The van der Waals surface area contributed by atoms with Crippen LogP contribution in [0.2, 0.25) is 0 Å². The molecule has 14 rings (SSSR count). The largest absolute Gasteiger partial charge is 0.463 e. The molecule has 48 heteroatoms. The summed E-state index contributed by atoms with van der Waals surface area (Å²) in [5.74, 6) is -4.01. The Bertz CT molecular complexity index is 4930. The van der Waals surface area contributed by atoms with Gasteiger partial charge in [-0.25, -0.2) is 19.9 Å². The Hall–Kier alpha value is -7.47. The summed E-state index contributed by atoms with van der Waals surface area (Å²) < 4.78 is 64.5. The van der Waals surface area contributed by atoms with Gasteiger partial charge >= 0.3 is 11.9 Å². The molecular weight excluding hydrogens is 1690 g/mol. The van der Waals surface area contributed by atoms with Gasteiger partial charge in [0.05, 0.1) is 19.1 Å². The zero-order valence-electron chi connectivity index (χ0n) is 58.0. The Morgan fingerprint density at radius 2 is 0.776 bits per heavy atom. The Labute approximate surface area is 634 Å². The average molecular weight is 1770 g/mol. The highest BCUT2D eigenvalue weighted by atomic mass is 79.9. The first-order valence-corrected chi connectivity index (χ1v) is 36.0. The molecule has 0 spiro atoms. The van der Waals surface area contributed by atoms with Gasteiger partial charge in [0.15, 0.2) is 100 Å². The van der Waals surface area contributed by atoms with Crippen LogP contribution in [0.4, 0.5) is 23.8 Å². The van der Waals surface area contributed by atoms with Crippen molar-refractivity contribution in [3.63, 3.8) is 0 Å². The number of rotatable bonds is 16. The Kier molecular flexibility index (Phi) is 23.7. The highest BCUT2D eigenvalue weighted by Gasteiger charge is 2.59. The van der Waals surface area contributed by atoms with Crippen molar-refractivity contribution < 1.29 is 92.4 Å². The van der Waals surface area contributed by atoms with Crippen LogP contribution in [0.25, 0.3) is 44.7 Å². The van der Waals surface area contributed by atoms with E-state index in [2.05, 4.69) is 124 Å². The maximum Gasteiger partial charge on any atom is 0.323 e. The fraction of sp³-hybridized carbons (Fsp3) is 0.610. The minimum atomic E-state index is -1.40. The monoisotopic (exact) mass is 1760 g/mol. The number of hydrogen-bond donors (Lipinski definition) is 15. The van der Waals surface area contributed by atoms with E-state index in [0.29, 0.717) is 9.47 Å². The van der Waals surface area contributed by atoms with Gasteiger partial charge in [-0.2, -0.15) is 19.9 Å². The van der Waals surface area contributed by atoms with Crippen molar-refractivity contribution in [1.29, 1.82) is 0 Å². The van der Waals surface area contributed by atoms with Crippen LogP contribution in [0.1, 0.15) is 93.6 Å². The second kappa shape index (κ2) is 31.5. The number of hydrogen-bond acceptors (Lipinski definition) is 36. The third-order valence-electron chi connectivity index (χ3n) is 17.8. The van der Waals surface area contributed by atoms with Gasteiger partial charge in [0.1, 0.15) is 98.3 Å². The number of aromatic nitrogens is 16. The van der Waals surface area contributed by atoms with Crippen molar-refractivity contribution in [1.82, 2.24) is 78.1 Å². The quantitative estimate of drug-likeness (QED) is 0.0376. The van der Waals surface area contributed by atoms with Gasteiger partial charge in [-0.15, -0.1) is 0 Å². The zero-order valence-corrected chi connectivity index (χ0v) is 64.3. The Morgan fingerprint density at radius 1 is 0.467 bits per heavy atom. The molecule has 14 heterocycles. The number of aromatic amines is 4. The number of carbonyl (C=O) groups is 3. The first-order chi connectivity index (χ1) is 50.2. The number of Topliss-reactive ketones (excluding diaryl/α,β-unsaturated/α-hetero) is 1. The van der Waals surface area contributed by atoms with Crippen molar-refractivity contribution in [2.24, 2.45) is 23.5 Å². The number of esters is 2. The standard InChI is InChI=1S/C21H28BrN5O7.C15H21BrN6O6.C13H16BrN5O5.C10H12BrN5O5/c1-8(2)10(6-9(3)28)18(30)31-7-11-13-14(34-21(4,5)33-13)17(32-11)27-15-12(24-19(27)22)16(29)26-20(23)25-15;1-4(2)6(17)13(26)27-3-5-8(23)9(24)12(28-5)22-10-7(19-14(22)16)11(25)21-15(18)20-10;1-13(2)23-6-4(3-20)22-10(7(6)24-13)19-8-5(16-11(19)14)9(21)18-12(15)17-8;11-9-13-3-6(14-10(12)15-7(3)20)16(9)8-5(19)4(18)2(1-17)21-8/h8,10-11,13-14,17H,6-7H2,1-5H3,(H3,23,25,26,29);4-6,8-9,12,23-24H,3,17H2,1-2H3,(H3,18,20,21,25);4,6-7,10,20H,3H2,1-2H3,(H3,15,17,18,21);2,4-5,8,17-19H,1H2,(H3,12,14,15,20)/t10-,11+,13+,14?,17+;5-,6+,8-,9?,12-;4-,6-,7?,10-;2-,4-,5?,8-/m0111/s1. The van der Waals surface area contributed by atoms with Crippen molar-refractivity contribution in [2.45, 2.75) is 185 Å². The summed E-state index contributed by atoms with van der Waals surface area (Å²) in [6.45, 7) is 14.8. The van der Waals surface area contributed by atoms with Crippen LogP contribution in [0.5, 0.6) is 0 Å². The third-order valence-corrected chi connectivity index (χ3v) is 20.0. The number of nitrogens with one attached hydrogen (secondary N) is 4. The van der Waals surface area contributed by atoms with E-state index < -0.39 is 162 Å². The summed E-state index contributed by atoms with van der Waals surface area (Å²) in [6, 6.07) is -0.815. The molecule has 107 heavy (non-hydrogen) atoms. The molecule has 0 saturated carbocycles. The summed E-state index contributed by atoms with van der Waals surface area (Å²) in [5.41, 5.74) is 27.0. The molecule has 0 amide bonds. The number of halogens is 4. The van der Waals surface area contributed by atoms with Crippen LogP contribution in [0.3, 0.4) is 0 Å². The normalized spacial score (nSPS) is 28.2. The predicted octanol–water partition coefficient (Wildman–Crippen LogP) is -1.76. The van der Waals surface area contributed by atoms with E-state index in [1.54, 1.807) is 50.7 Å². The highest BCUT2D eigenvalue weighted by Crippen LogP contribution is 2.47. The van der Waals surface area contributed by atoms with Crippen LogP contribution in [-0.4, -0.2) is 244 Å². The van der Waals surface area contributed by atoms with Crippen molar-refractivity contribution in [3.05, 3.63) is 60.3 Å². The van der Waals surface area contributed by atoms with E-state index in [4.69, 9.17) is 81.1 Å². The van der Waals surface area contributed by atoms with Gasteiger partial charge in [-0.3, -0.25) is 67.0 Å². The van der Waals surface area contributed by atoms with Gasteiger partial charge in [-0.1, -0.05) is 27.7 Å². The topological polar surface area (TPSA) is 649 Å². The van der Waals surface area contributed by atoms with Crippen molar-refractivity contribution in [2.75, 3.05) is 49.4 Å². The molecule has 18 atom stereocenters. The number of nitrogens with zero attached hydrogens (tertiary/aromatic N) is 12. The molecule has 0 radical (unpaired) electrons. The molecular formula is C59H77Br4N21O23. The van der Waals surface area contributed by atoms with Crippen LogP contribution in [-0.2, 0) is 61.8 Å². The van der Waals surface area contributed by atoms with Gasteiger partial charge in [0, 0.05) is 6.42 Å². The van der Waals surface area contributed by atoms with E-state index in [1.165, 1.54) is 16.1 Å².